The molecule has 19 heavy (non-hydrogen) atoms. The highest BCUT2D eigenvalue weighted by molar-refractivity contribution is 7.14. The van der Waals surface area contributed by atoms with Gasteiger partial charge in [0.2, 0.25) is 0 Å². The van der Waals surface area contributed by atoms with Gasteiger partial charge in [-0.1, -0.05) is 5.21 Å². The largest absolute Gasteiger partial charge is 0.246 e. The normalized spacial score (nSPS) is 12.7. The van der Waals surface area contributed by atoms with Crippen LogP contribution in [0.1, 0.15) is 23.7 Å². The lowest BCUT2D eigenvalue weighted by Gasteiger charge is -1.96. The Kier molecular flexibility index (Phi) is 3.63. The highest BCUT2D eigenvalue weighted by Crippen LogP contribution is 2.26. The van der Waals surface area contributed by atoms with Crippen LogP contribution >= 0.6 is 34.3 Å². The Morgan fingerprint density at radius 1 is 1.42 bits per heavy atom. The molecule has 7 heteroatoms. The molecule has 98 valence electrons. The molecule has 4 nitrogen and oxygen atoms in total. The van der Waals surface area contributed by atoms with E-state index < -0.39 is 0 Å². The van der Waals surface area contributed by atoms with E-state index in [9.17, 15) is 0 Å². The first-order valence-corrected chi connectivity index (χ1v) is 7.99. The van der Waals surface area contributed by atoms with Crippen molar-refractivity contribution in [3.05, 3.63) is 39.8 Å². The number of hydrogen-bond acceptors (Lipinski definition) is 5. The summed E-state index contributed by atoms with van der Waals surface area (Å²) in [5, 5.41) is 15.2. The lowest BCUT2D eigenvalue weighted by molar-refractivity contribution is 0.641. The van der Waals surface area contributed by atoms with Gasteiger partial charge >= 0.3 is 0 Å². The van der Waals surface area contributed by atoms with Gasteiger partial charge in [-0.3, -0.25) is 0 Å². The van der Waals surface area contributed by atoms with E-state index in [1.54, 1.807) is 27.4 Å². The number of thiazole rings is 1. The SMILES string of the molecule is CC(Cl)c1cn(Cc2csc(-c3ccsc3)n2)nn1. The van der Waals surface area contributed by atoms with Gasteiger partial charge in [-0.15, -0.1) is 28.0 Å². The molecule has 0 N–H and O–H groups in total. The van der Waals surface area contributed by atoms with E-state index >= 15 is 0 Å². The Morgan fingerprint density at radius 2 is 2.32 bits per heavy atom. The maximum absolute atomic E-state index is 5.96. The molecule has 3 aromatic heterocycles. The van der Waals surface area contributed by atoms with Crippen molar-refractivity contribution >= 4 is 34.3 Å². The Morgan fingerprint density at radius 3 is 3.00 bits per heavy atom. The zero-order valence-corrected chi connectivity index (χ0v) is 12.5. The number of halogens is 1. The summed E-state index contributed by atoms with van der Waals surface area (Å²) in [4.78, 5) is 4.61. The topological polar surface area (TPSA) is 43.6 Å². The minimum atomic E-state index is -0.120. The van der Waals surface area contributed by atoms with Crippen molar-refractivity contribution in [1.82, 2.24) is 20.0 Å². The Hall–Kier alpha value is -1.24. The van der Waals surface area contributed by atoms with Crippen LogP contribution in [0.2, 0.25) is 0 Å². The lowest BCUT2D eigenvalue weighted by atomic mass is 10.3. The highest BCUT2D eigenvalue weighted by Gasteiger charge is 2.09. The molecule has 0 saturated heterocycles. The molecule has 1 atom stereocenters. The van der Waals surface area contributed by atoms with E-state index in [-0.39, 0.29) is 5.38 Å². The average molecular weight is 311 g/mol. The number of rotatable bonds is 4. The minimum Gasteiger partial charge on any atom is -0.246 e. The molecule has 0 amide bonds. The molecule has 1 unspecified atom stereocenters. The van der Waals surface area contributed by atoms with Crippen molar-refractivity contribution in [2.24, 2.45) is 0 Å². The van der Waals surface area contributed by atoms with Gasteiger partial charge in [0.25, 0.3) is 0 Å². The zero-order chi connectivity index (χ0) is 13.2. The second-order valence-electron chi connectivity index (χ2n) is 4.11. The summed E-state index contributed by atoms with van der Waals surface area (Å²) in [5.41, 5.74) is 2.95. The Balaban J connectivity index is 1.76. The van der Waals surface area contributed by atoms with Crippen LogP contribution in [0.5, 0.6) is 0 Å². The molecule has 0 aliphatic rings. The van der Waals surface area contributed by atoms with Crippen molar-refractivity contribution < 1.29 is 0 Å². The maximum Gasteiger partial charge on any atom is 0.124 e. The summed E-state index contributed by atoms with van der Waals surface area (Å²) in [6, 6.07) is 2.08. The van der Waals surface area contributed by atoms with Crippen molar-refractivity contribution in [3.8, 4) is 10.6 Å². The third kappa shape index (κ3) is 2.86. The highest BCUT2D eigenvalue weighted by atomic mass is 35.5. The van der Waals surface area contributed by atoms with Gasteiger partial charge in [0.15, 0.2) is 0 Å². The Labute approximate surface area is 123 Å². The van der Waals surface area contributed by atoms with Crippen molar-refractivity contribution in [2.75, 3.05) is 0 Å². The monoisotopic (exact) mass is 310 g/mol. The number of alkyl halides is 1. The van der Waals surface area contributed by atoms with Crippen LogP contribution in [0.3, 0.4) is 0 Å². The maximum atomic E-state index is 5.96. The van der Waals surface area contributed by atoms with Gasteiger partial charge in [-0.05, 0) is 18.4 Å². The molecule has 0 aliphatic carbocycles. The predicted octanol–water partition coefficient (Wildman–Crippen LogP) is 3.81. The fraction of sp³-hybridized carbons (Fsp3) is 0.250. The quantitative estimate of drug-likeness (QED) is 0.688. The molecule has 0 saturated carbocycles. The molecular formula is C12H11ClN4S2. The van der Waals surface area contributed by atoms with Crippen LogP contribution in [0, 0.1) is 0 Å². The van der Waals surface area contributed by atoms with Crippen LogP contribution in [0.15, 0.2) is 28.4 Å². The summed E-state index contributed by atoms with van der Waals surface area (Å²) in [5.74, 6) is 0. The van der Waals surface area contributed by atoms with E-state index in [1.165, 1.54) is 5.56 Å². The third-order valence-corrected chi connectivity index (χ3v) is 4.45. The number of thiophene rings is 1. The number of aromatic nitrogens is 4. The van der Waals surface area contributed by atoms with Crippen molar-refractivity contribution in [1.29, 1.82) is 0 Å². The van der Waals surface area contributed by atoms with E-state index in [0.29, 0.717) is 6.54 Å². The molecule has 3 rings (SSSR count). The van der Waals surface area contributed by atoms with Crippen LogP contribution in [-0.4, -0.2) is 20.0 Å². The third-order valence-electron chi connectivity index (χ3n) is 2.61. The lowest BCUT2D eigenvalue weighted by Crippen LogP contribution is -2.00. The molecule has 3 heterocycles. The predicted molar refractivity (Wildman–Crippen MR) is 78.8 cm³/mol. The van der Waals surface area contributed by atoms with E-state index in [1.807, 2.05) is 13.1 Å². The summed E-state index contributed by atoms with van der Waals surface area (Å²) in [6.07, 6.45) is 1.86. The van der Waals surface area contributed by atoms with Crippen LogP contribution in [0.4, 0.5) is 0 Å². The molecule has 0 aromatic carbocycles. The van der Waals surface area contributed by atoms with Crippen LogP contribution < -0.4 is 0 Å². The van der Waals surface area contributed by atoms with Gasteiger partial charge in [0.1, 0.15) is 10.7 Å². The standard InChI is InChI=1S/C12H11ClN4S2/c1-8(13)11-5-17(16-15-11)4-10-7-19-12(14-10)9-2-3-18-6-9/h2-3,5-8H,4H2,1H3. The average Bonchev–Trinajstić information content (AvgIpc) is 3.09. The molecule has 0 radical (unpaired) electrons. The second kappa shape index (κ2) is 5.40. The van der Waals surface area contributed by atoms with E-state index in [2.05, 4.69) is 37.5 Å². The van der Waals surface area contributed by atoms with E-state index in [4.69, 9.17) is 11.6 Å². The summed E-state index contributed by atoms with van der Waals surface area (Å²) >= 11 is 9.29. The van der Waals surface area contributed by atoms with Gasteiger partial charge < -0.3 is 0 Å². The molecular weight excluding hydrogens is 300 g/mol. The fourth-order valence-corrected chi connectivity index (χ4v) is 3.26. The summed E-state index contributed by atoms with van der Waals surface area (Å²) in [7, 11) is 0. The van der Waals surface area contributed by atoms with E-state index in [0.717, 1.165) is 16.4 Å². The Bertz CT molecular complexity index is 657. The first-order chi connectivity index (χ1) is 9.22. The van der Waals surface area contributed by atoms with Gasteiger partial charge in [0, 0.05) is 16.3 Å². The number of hydrogen-bond donors (Lipinski definition) is 0. The zero-order valence-electron chi connectivity index (χ0n) is 10.2. The smallest absolute Gasteiger partial charge is 0.124 e. The molecule has 3 aromatic rings. The van der Waals surface area contributed by atoms with Crippen LogP contribution in [-0.2, 0) is 6.54 Å². The fourth-order valence-electron chi connectivity index (χ4n) is 1.64. The summed E-state index contributed by atoms with van der Waals surface area (Å²) < 4.78 is 1.76. The minimum absolute atomic E-state index is 0.120. The van der Waals surface area contributed by atoms with Crippen molar-refractivity contribution in [3.63, 3.8) is 0 Å². The van der Waals surface area contributed by atoms with Crippen molar-refractivity contribution in [2.45, 2.75) is 18.8 Å². The van der Waals surface area contributed by atoms with Gasteiger partial charge in [-0.25, -0.2) is 9.67 Å². The van der Waals surface area contributed by atoms with Gasteiger partial charge in [0.05, 0.1) is 23.8 Å². The molecule has 0 bridgehead atoms. The first-order valence-electron chi connectivity index (χ1n) is 5.73. The molecule has 0 aliphatic heterocycles. The second-order valence-corrected chi connectivity index (χ2v) is 6.41. The summed E-state index contributed by atoms with van der Waals surface area (Å²) in [6.45, 7) is 2.50. The molecule has 0 fully saturated rings. The molecule has 0 spiro atoms. The first kappa shape index (κ1) is 12.8. The van der Waals surface area contributed by atoms with Gasteiger partial charge in [-0.2, -0.15) is 11.3 Å². The van der Waals surface area contributed by atoms with Crippen LogP contribution in [0.25, 0.3) is 10.6 Å². The number of nitrogens with zero attached hydrogens (tertiary/aromatic N) is 4.